The molecule has 1 atom stereocenters. The van der Waals surface area contributed by atoms with Gasteiger partial charge in [0.1, 0.15) is 0 Å². The number of hydrogen-bond donors (Lipinski definition) is 1. The predicted octanol–water partition coefficient (Wildman–Crippen LogP) is 3.67. The van der Waals surface area contributed by atoms with Crippen LogP contribution >= 0.6 is 0 Å². The zero-order chi connectivity index (χ0) is 13.2. The van der Waals surface area contributed by atoms with E-state index in [9.17, 15) is 0 Å². The lowest BCUT2D eigenvalue weighted by molar-refractivity contribution is 0.256. The van der Waals surface area contributed by atoms with Crippen molar-refractivity contribution < 1.29 is 0 Å². The summed E-state index contributed by atoms with van der Waals surface area (Å²) in [5.41, 5.74) is 0. The molecule has 0 aromatic rings. The Hall–Kier alpha value is -0.0800. The molecule has 1 rings (SSSR count). The van der Waals surface area contributed by atoms with Crippen molar-refractivity contribution in [3.8, 4) is 0 Å². The van der Waals surface area contributed by atoms with Crippen molar-refractivity contribution in [1.29, 1.82) is 0 Å². The molecule has 0 saturated heterocycles. The van der Waals surface area contributed by atoms with Crippen LogP contribution in [0.4, 0.5) is 0 Å². The van der Waals surface area contributed by atoms with E-state index < -0.39 is 0 Å². The zero-order valence-electron chi connectivity index (χ0n) is 12.9. The molecule has 2 heteroatoms. The van der Waals surface area contributed by atoms with Crippen LogP contribution < -0.4 is 5.32 Å². The molecule has 1 saturated carbocycles. The highest BCUT2D eigenvalue weighted by atomic mass is 15.1. The van der Waals surface area contributed by atoms with E-state index in [1.165, 1.54) is 71.1 Å². The van der Waals surface area contributed by atoms with Crippen molar-refractivity contribution in [3.63, 3.8) is 0 Å². The van der Waals surface area contributed by atoms with Gasteiger partial charge in [0.25, 0.3) is 0 Å². The number of nitrogens with zero attached hydrogens (tertiary/aromatic N) is 1. The lowest BCUT2D eigenvalue weighted by Crippen LogP contribution is -2.29. The quantitative estimate of drug-likeness (QED) is 0.535. The summed E-state index contributed by atoms with van der Waals surface area (Å²) in [6.45, 7) is 12.0. The number of nitrogens with one attached hydrogen (secondary N) is 1. The van der Waals surface area contributed by atoms with Gasteiger partial charge in [0.15, 0.2) is 0 Å². The standard InChI is InChI=1S/C16H34N2/c1-4-11-17-15(3)8-6-7-13-18(12-5-2)14-16-9-10-16/h15-17H,4-14H2,1-3H3. The zero-order valence-corrected chi connectivity index (χ0v) is 12.9. The minimum absolute atomic E-state index is 0.702. The van der Waals surface area contributed by atoms with Crippen LogP contribution in [0.15, 0.2) is 0 Å². The number of unbranched alkanes of at least 4 members (excludes halogenated alkanes) is 1. The number of rotatable bonds is 12. The second kappa shape index (κ2) is 9.80. The summed E-state index contributed by atoms with van der Waals surface area (Å²) in [6, 6.07) is 0.702. The van der Waals surface area contributed by atoms with Gasteiger partial charge in [-0.05, 0) is 71.0 Å². The third kappa shape index (κ3) is 8.10. The van der Waals surface area contributed by atoms with Gasteiger partial charge < -0.3 is 10.2 Å². The smallest absolute Gasteiger partial charge is 0.00387 e. The average molecular weight is 254 g/mol. The van der Waals surface area contributed by atoms with Gasteiger partial charge in [0.2, 0.25) is 0 Å². The highest BCUT2D eigenvalue weighted by Crippen LogP contribution is 2.29. The summed E-state index contributed by atoms with van der Waals surface area (Å²) in [5, 5.41) is 3.57. The van der Waals surface area contributed by atoms with E-state index in [0.717, 1.165) is 5.92 Å². The monoisotopic (exact) mass is 254 g/mol. The second-order valence-corrected chi connectivity index (χ2v) is 6.09. The van der Waals surface area contributed by atoms with Gasteiger partial charge >= 0.3 is 0 Å². The van der Waals surface area contributed by atoms with Gasteiger partial charge in [0, 0.05) is 12.6 Å². The fourth-order valence-electron chi connectivity index (χ4n) is 2.55. The molecule has 1 unspecified atom stereocenters. The molecule has 1 aliphatic carbocycles. The summed E-state index contributed by atoms with van der Waals surface area (Å²) in [4.78, 5) is 2.70. The Kier molecular flexibility index (Phi) is 8.70. The van der Waals surface area contributed by atoms with Crippen molar-refractivity contribution in [3.05, 3.63) is 0 Å². The van der Waals surface area contributed by atoms with E-state index in [2.05, 4.69) is 31.0 Å². The van der Waals surface area contributed by atoms with Crippen molar-refractivity contribution >= 4 is 0 Å². The maximum Gasteiger partial charge on any atom is 0.00387 e. The molecule has 108 valence electrons. The largest absolute Gasteiger partial charge is 0.314 e. The molecule has 1 aliphatic rings. The minimum Gasteiger partial charge on any atom is -0.314 e. The van der Waals surface area contributed by atoms with Gasteiger partial charge in [-0.3, -0.25) is 0 Å². The topological polar surface area (TPSA) is 15.3 Å². The normalized spacial score (nSPS) is 17.3. The molecular formula is C16H34N2. The Morgan fingerprint density at radius 2 is 1.89 bits per heavy atom. The molecule has 2 nitrogen and oxygen atoms in total. The van der Waals surface area contributed by atoms with E-state index >= 15 is 0 Å². The van der Waals surface area contributed by atoms with Crippen LogP contribution in [0.25, 0.3) is 0 Å². The molecule has 18 heavy (non-hydrogen) atoms. The lowest BCUT2D eigenvalue weighted by atomic mass is 10.1. The Labute approximate surface area is 115 Å². The van der Waals surface area contributed by atoms with Gasteiger partial charge in [-0.15, -0.1) is 0 Å². The first kappa shape index (κ1) is 16.0. The fourth-order valence-corrected chi connectivity index (χ4v) is 2.55. The SMILES string of the molecule is CCCNC(C)CCCCN(CCC)CC1CC1. The van der Waals surface area contributed by atoms with Crippen molar-refractivity contribution in [2.45, 2.75) is 71.8 Å². The first-order valence-corrected chi connectivity index (χ1v) is 8.22. The first-order chi connectivity index (χ1) is 8.76. The third-order valence-corrected chi connectivity index (χ3v) is 3.86. The highest BCUT2D eigenvalue weighted by molar-refractivity contribution is 4.77. The molecule has 1 N–H and O–H groups in total. The molecule has 0 heterocycles. The van der Waals surface area contributed by atoms with E-state index in [1.54, 1.807) is 0 Å². The van der Waals surface area contributed by atoms with Gasteiger partial charge in [-0.1, -0.05) is 20.3 Å². The van der Waals surface area contributed by atoms with Crippen molar-refractivity contribution in [1.82, 2.24) is 10.2 Å². The molecule has 0 aliphatic heterocycles. The maximum atomic E-state index is 3.57. The van der Waals surface area contributed by atoms with E-state index in [0.29, 0.717) is 6.04 Å². The molecular weight excluding hydrogens is 220 g/mol. The third-order valence-electron chi connectivity index (χ3n) is 3.86. The Morgan fingerprint density at radius 3 is 2.50 bits per heavy atom. The van der Waals surface area contributed by atoms with Crippen molar-refractivity contribution in [2.24, 2.45) is 5.92 Å². The van der Waals surface area contributed by atoms with Crippen LogP contribution in [0, 0.1) is 5.92 Å². The maximum absolute atomic E-state index is 3.57. The van der Waals surface area contributed by atoms with Crippen LogP contribution in [0.5, 0.6) is 0 Å². The van der Waals surface area contributed by atoms with Gasteiger partial charge in [-0.2, -0.15) is 0 Å². The lowest BCUT2D eigenvalue weighted by Gasteiger charge is -2.22. The summed E-state index contributed by atoms with van der Waals surface area (Å²) >= 11 is 0. The second-order valence-electron chi connectivity index (χ2n) is 6.09. The Balaban J connectivity index is 1.99. The fraction of sp³-hybridized carbons (Fsp3) is 1.00. The van der Waals surface area contributed by atoms with Crippen LogP contribution in [0.2, 0.25) is 0 Å². The molecule has 0 radical (unpaired) electrons. The van der Waals surface area contributed by atoms with E-state index in [-0.39, 0.29) is 0 Å². The molecule has 0 amide bonds. The summed E-state index contributed by atoms with van der Waals surface area (Å²) in [7, 11) is 0. The Bertz CT molecular complexity index is 190. The Morgan fingerprint density at radius 1 is 1.11 bits per heavy atom. The van der Waals surface area contributed by atoms with E-state index in [1.807, 2.05) is 0 Å². The van der Waals surface area contributed by atoms with Crippen LogP contribution in [-0.4, -0.2) is 37.1 Å². The summed E-state index contributed by atoms with van der Waals surface area (Å²) in [6.07, 6.45) is 9.62. The molecule has 0 spiro atoms. The first-order valence-electron chi connectivity index (χ1n) is 8.22. The van der Waals surface area contributed by atoms with Crippen molar-refractivity contribution in [2.75, 3.05) is 26.2 Å². The van der Waals surface area contributed by atoms with Crippen LogP contribution in [0.3, 0.4) is 0 Å². The average Bonchev–Trinajstić information content (AvgIpc) is 3.16. The van der Waals surface area contributed by atoms with Crippen LogP contribution in [0.1, 0.15) is 65.7 Å². The molecule has 0 bridgehead atoms. The molecule has 0 aromatic heterocycles. The summed E-state index contributed by atoms with van der Waals surface area (Å²) in [5.74, 6) is 1.04. The molecule has 0 aromatic carbocycles. The highest BCUT2D eigenvalue weighted by Gasteiger charge is 2.23. The van der Waals surface area contributed by atoms with Crippen LogP contribution in [-0.2, 0) is 0 Å². The number of hydrogen-bond acceptors (Lipinski definition) is 2. The van der Waals surface area contributed by atoms with Gasteiger partial charge in [-0.25, -0.2) is 0 Å². The minimum atomic E-state index is 0.702. The van der Waals surface area contributed by atoms with E-state index in [4.69, 9.17) is 0 Å². The predicted molar refractivity (Wildman–Crippen MR) is 81.1 cm³/mol. The summed E-state index contributed by atoms with van der Waals surface area (Å²) < 4.78 is 0. The molecule has 1 fully saturated rings. The van der Waals surface area contributed by atoms with Gasteiger partial charge in [0.05, 0.1) is 0 Å².